The number of nitrogens with one attached hydrogen (secondary N) is 2. The van der Waals surface area contributed by atoms with E-state index in [1.807, 2.05) is 13.8 Å². The quantitative estimate of drug-likeness (QED) is 0.724. The first-order chi connectivity index (χ1) is 9.89. The van der Waals surface area contributed by atoms with Crippen molar-refractivity contribution < 1.29 is 14.6 Å². The highest BCUT2D eigenvalue weighted by molar-refractivity contribution is 6.31. The average molecular weight is 315 g/mol. The molecule has 0 aromatic heterocycles. The van der Waals surface area contributed by atoms with Crippen LogP contribution in [-0.2, 0) is 11.3 Å². The molecule has 118 valence electrons. The minimum absolute atomic E-state index is 0.0998. The van der Waals surface area contributed by atoms with Crippen LogP contribution in [-0.4, -0.2) is 31.4 Å². The molecule has 0 saturated carbocycles. The van der Waals surface area contributed by atoms with Crippen LogP contribution < -0.4 is 10.6 Å². The Kier molecular flexibility index (Phi) is 6.95. The molecule has 1 aromatic rings. The van der Waals surface area contributed by atoms with Crippen molar-refractivity contribution in [3.63, 3.8) is 0 Å². The fourth-order valence-corrected chi connectivity index (χ4v) is 2.07. The van der Waals surface area contributed by atoms with Crippen LogP contribution in [0.25, 0.3) is 0 Å². The number of carbonyl (C=O) groups excluding carboxylic acids is 1. The molecule has 5 nitrogen and oxygen atoms in total. The van der Waals surface area contributed by atoms with Crippen LogP contribution in [0.15, 0.2) is 18.2 Å². The van der Waals surface area contributed by atoms with Gasteiger partial charge in [0.2, 0.25) is 0 Å². The molecule has 0 atom stereocenters. The molecule has 0 fully saturated rings. The molecule has 0 unspecified atom stereocenters. The molecule has 2 amide bonds. The van der Waals surface area contributed by atoms with Gasteiger partial charge in [-0.2, -0.15) is 0 Å². The maximum atomic E-state index is 12.0. The molecule has 0 saturated heterocycles. The predicted octanol–water partition coefficient (Wildman–Crippen LogP) is 3.02. The van der Waals surface area contributed by atoms with Crippen molar-refractivity contribution in [2.24, 2.45) is 5.41 Å². The van der Waals surface area contributed by atoms with Gasteiger partial charge in [-0.15, -0.1) is 0 Å². The SMILES string of the molecule is COCc1c(Cl)cccc1NC(=O)NCC(C)(C)CCO. The number of amides is 2. The summed E-state index contributed by atoms with van der Waals surface area (Å²) >= 11 is 6.10. The van der Waals surface area contributed by atoms with Crippen molar-refractivity contribution in [1.29, 1.82) is 0 Å². The van der Waals surface area contributed by atoms with Crippen molar-refractivity contribution in [3.8, 4) is 0 Å². The third-order valence-electron chi connectivity index (χ3n) is 3.17. The third-order valence-corrected chi connectivity index (χ3v) is 3.53. The van der Waals surface area contributed by atoms with E-state index in [0.29, 0.717) is 30.3 Å². The lowest BCUT2D eigenvalue weighted by molar-refractivity contribution is 0.185. The summed E-state index contributed by atoms with van der Waals surface area (Å²) in [5.41, 5.74) is 1.21. The van der Waals surface area contributed by atoms with Crippen molar-refractivity contribution in [2.75, 3.05) is 25.6 Å². The number of urea groups is 1. The second kappa shape index (κ2) is 8.22. The maximum absolute atomic E-state index is 12.0. The number of aliphatic hydroxyl groups is 1. The van der Waals surface area contributed by atoms with E-state index in [1.54, 1.807) is 25.3 Å². The van der Waals surface area contributed by atoms with Crippen LogP contribution >= 0.6 is 11.6 Å². The van der Waals surface area contributed by atoms with Crippen LogP contribution in [0.4, 0.5) is 10.5 Å². The Morgan fingerprint density at radius 2 is 2.14 bits per heavy atom. The van der Waals surface area contributed by atoms with E-state index in [1.165, 1.54) is 0 Å². The van der Waals surface area contributed by atoms with Gasteiger partial charge in [-0.1, -0.05) is 31.5 Å². The van der Waals surface area contributed by atoms with Gasteiger partial charge in [-0.05, 0) is 24.0 Å². The smallest absolute Gasteiger partial charge is 0.319 e. The molecule has 0 aliphatic heterocycles. The van der Waals surface area contributed by atoms with Gasteiger partial charge in [-0.3, -0.25) is 0 Å². The Bertz CT molecular complexity index is 478. The number of halogens is 1. The van der Waals surface area contributed by atoms with Crippen LogP contribution in [0, 0.1) is 5.41 Å². The first-order valence-corrected chi connectivity index (χ1v) is 7.19. The van der Waals surface area contributed by atoms with E-state index in [0.717, 1.165) is 5.56 Å². The number of anilines is 1. The van der Waals surface area contributed by atoms with Gasteiger partial charge in [0, 0.05) is 36.5 Å². The van der Waals surface area contributed by atoms with Crippen molar-refractivity contribution >= 4 is 23.3 Å². The van der Waals surface area contributed by atoms with Gasteiger partial charge in [0.05, 0.1) is 6.61 Å². The molecule has 0 spiro atoms. The van der Waals surface area contributed by atoms with E-state index >= 15 is 0 Å². The summed E-state index contributed by atoms with van der Waals surface area (Å²) in [6.45, 7) is 4.87. The molecular formula is C15H23ClN2O3. The highest BCUT2D eigenvalue weighted by Crippen LogP contribution is 2.25. The number of rotatable bonds is 7. The Hall–Kier alpha value is -1.30. The Morgan fingerprint density at radius 3 is 2.76 bits per heavy atom. The standard InChI is InChI=1S/C15H23ClN2O3/c1-15(2,7-8-19)10-17-14(20)18-13-6-4-5-12(16)11(13)9-21-3/h4-6,19H,7-10H2,1-3H3,(H2,17,18,20). The highest BCUT2D eigenvalue weighted by atomic mass is 35.5. The van der Waals surface area contributed by atoms with Gasteiger partial charge >= 0.3 is 6.03 Å². The van der Waals surface area contributed by atoms with E-state index in [2.05, 4.69) is 10.6 Å². The lowest BCUT2D eigenvalue weighted by Gasteiger charge is -2.24. The lowest BCUT2D eigenvalue weighted by atomic mass is 9.90. The van der Waals surface area contributed by atoms with Crippen LogP contribution in [0.3, 0.4) is 0 Å². The zero-order valence-electron chi connectivity index (χ0n) is 12.7. The predicted molar refractivity (Wildman–Crippen MR) is 84.7 cm³/mol. The summed E-state index contributed by atoms with van der Waals surface area (Å²) < 4.78 is 5.09. The molecule has 0 heterocycles. The third kappa shape index (κ3) is 5.91. The number of benzene rings is 1. The molecule has 0 radical (unpaired) electrons. The molecule has 0 aliphatic rings. The molecule has 1 aromatic carbocycles. The van der Waals surface area contributed by atoms with Gasteiger partial charge in [-0.25, -0.2) is 4.79 Å². The Labute approximate surface area is 130 Å². The highest BCUT2D eigenvalue weighted by Gasteiger charge is 2.18. The summed E-state index contributed by atoms with van der Waals surface area (Å²) in [6.07, 6.45) is 0.624. The molecule has 21 heavy (non-hydrogen) atoms. The normalized spacial score (nSPS) is 11.3. The zero-order chi connectivity index (χ0) is 15.9. The Balaban J connectivity index is 2.65. The average Bonchev–Trinajstić information content (AvgIpc) is 2.41. The van der Waals surface area contributed by atoms with Gasteiger partial charge in [0.25, 0.3) is 0 Å². The van der Waals surface area contributed by atoms with Crippen LogP contribution in [0.2, 0.25) is 5.02 Å². The van der Waals surface area contributed by atoms with Crippen molar-refractivity contribution in [2.45, 2.75) is 26.9 Å². The van der Waals surface area contributed by atoms with E-state index in [9.17, 15) is 4.79 Å². The maximum Gasteiger partial charge on any atom is 0.319 e. The summed E-state index contributed by atoms with van der Waals surface area (Å²) in [5, 5.41) is 15.1. The fraction of sp³-hybridized carbons (Fsp3) is 0.533. The zero-order valence-corrected chi connectivity index (χ0v) is 13.5. The van der Waals surface area contributed by atoms with Crippen LogP contribution in [0.1, 0.15) is 25.8 Å². The van der Waals surface area contributed by atoms with Crippen molar-refractivity contribution in [1.82, 2.24) is 5.32 Å². The lowest BCUT2D eigenvalue weighted by Crippen LogP contribution is -2.37. The number of hydrogen-bond acceptors (Lipinski definition) is 3. The second-order valence-electron chi connectivity index (χ2n) is 5.64. The summed E-state index contributed by atoms with van der Waals surface area (Å²) in [7, 11) is 1.57. The molecule has 3 N–H and O–H groups in total. The first-order valence-electron chi connectivity index (χ1n) is 6.81. The molecule has 1 rings (SSSR count). The van der Waals surface area contributed by atoms with E-state index < -0.39 is 0 Å². The molecular weight excluding hydrogens is 292 g/mol. The molecule has 0 bridgehead atoms. The first kappa shape index (κ1) is 17.8. The number of hydrogen-bond donors (Lipinski definition) is 3. The van der Waals surface area contributed by atoms with Gasteiger partial charge in [0.1, 0.15) is 0 Å². The monoisotopic (exact) mass is 314 g/mol. The van der Waals surface area contributed by atoms with Gasteiger partial charge in [0.15, 0.2) is 0 Å². The summed E-state index contributed by atoms with van der Waals surface area (Å²) in [4.78, 5) is 12.0. The van der Waals surface area contributed by atoms with Gasteiger partial charge < -0.3 is 20.5 Å². The number of carbonyl (C=O) groups is 1. The number of aliphatic hydroxyl groups excluding tert-OH is 1. The largest absolute Gasteiger partial charge is 0.396 e. The number of methoxy groups -OCH3 is 1. The van der Waals surface area contributed by atoms with E-state index in [4.69, 9.17) is 21.4 Å². The fourth-order valence-electron chi connectivity index (χ4n) is 1.84. The Morgan fingerprint density at radius 1 is 1.43 bits per heavy atom. The topological polar surface area (TPSA) is 70.6 Å². The second-order valence-corrected chi connectivity index (χ2v) is 6.05. The van der Waals surface area contributed by atoms with Crippen LogP contribution in [0.5, 0.6) is 0 Å². The summed E-state index contributed by atoms with van der Waals surface area (Å²) in [5.74, 6) is 0. The minimum Gasteiger partial charge on any atom is -0.396 e. The van der Waals surface area contributed by atoms with E-state index in [-0.39, 0.29) is 18.1 Å². The molecule has 6 heteroatoms. The van der Waals surface area contributed by atoms with Crippen molar-refractivity contribution in [3.05, 3.63) is 28.8 Å². The summed E-state index contributed by atoms with van der Waals surface area (Å²) in [6, 6.07) is 5.00. The minimum atomic E-state index is -0.305. The molecule has 0 aliphatic carbocycles. The number of ether oxygens (including phenoxy) is 1.